The Bertz CT molecular complexity index is 1190. The number of hydrogen-bond acceptors (Lipinski definition) is 6. The standard InChI is InChI=1S/C60H113N3O4/c1-6-11-15-19-23-27-33-40-56(41-39-51-61(47-35-29-24-20-16-12-7-2)48-36-30-25-21-17-13-8-3)43-44-59(65)63-52-45-57(46-53-63)54-58(64)55-62(49-37-31-26-22-18-14-9-4)50-38-32-28-34-42-60(66)67-10-5/h43,54H,6-42,44-53,55H2,1-5H3/b56-43+. The molecule has 0 spiro atoms. The lowest BCUT2D eigenvalue weighted by Crippen LogP contribution is -2.36. The van der Waals surface area contributed by atoms with Crippen LogP contribution >= 0.6 is 0 Å². The highest BCUT2D eigenvalue weighted by Crippen LogP contribution is 2.22. The van der Waals surface area contributed by atoms with Crippen LogP contribution in [-0.2, 0) is 19.1 Å². The first-order valence-electron chi connectivity index (χ1n) is 29.6. The molecule has 0 aromatic carbocycles. The number of nitrogens with zero attached hydrogens (tertiary/aromatic N) is 3. The molecule has 0 saturated carbocycles. The van der Waals surface area contributed by atoms with Gasteiger partial charge in [0.05, 0.1) is 13.2 Å². The number of unbranched alkanes of at least 4 members (excludes halogenated alkanes) is 27. The Labute approximate surface area is 417 Å². The minimum Gasteiger partial charge on any atom is -0.466 e. The van der Waals surface area contributed by atoms with Gasteiger partial charge in [-0.2, -0.15) is 0 Å². The molecule has 0 aliphatic carbocycles. The van der Waals surface area contributed by atoms with Crippen molar-refractivity contribution in [3.05, 3.63) is 23.3 Å². The van der Waals surface area contributed by atoms with Crippen molar-refractivity contribution in [3.63, 3.8) is 0 Å². The number of ketones is 1. The van der Waals surface area contributed by atoms with E-state index in [1.807, 2.05) is 13.0 Å². The highest BCUT2D eigenvalue weighted by Gasteiger charge is 2.20. The molecule has 1 aliphatic heterocycles. The van der Waals surface area contributed by atoms with Crippen molar-refractivity contribution in [2.24, 2.45) is 0 Å². The van der Waals surface area contributed by atoms with E-state index in [1.54, 1.807) is 0 Å². The molecule has 392 valence electrons. The predicted molar refractivity (Wildman–Crippen MR) is 290 cm³/mol. The van der Waals surface area contributed by atoms with Gasteiger partial charge in [0.25, 0.3) is 0 Å². The van der Waals surface area contributed by atoms with Crippen LogP contribution in [0, 0.1) is 0 Å². The topological polar surface area (TPSA) is 70.2 Å². The van der Waals surface area contributed by atoms with Gasteiger partial charge >= 0.3 is 5.97 Å². The third-order valence-electron chi connectivity index (χ3n) is 14.3. The van der Waals surface area contributed by atoms with Crippen molar-refractivity contribution in [2.45, 2.75) is 285 Å². The largest absolute Gasteiger partial charge is 0.466 e. The Hall–Kier alpha value is -1.99. The molecule has 1 rings (SSSR count). The van der Waals surface area contributed by atoms with Crippen molar-refractivity contribution in [2.75, 3.05) is 59.0 Å². The van der Waals surface area contributed by atoms with Crippen LogP contribution in [0.4, 0.5) is 0 Å². The second kappa shape index (κ2) is 47.7. The zero-order valence-electron chi connectivity index (χ0n) is 45.6. The Morgan fingerprint density at radius 1 is 0.463 bits per heavy atom. The van der Waals surface area contributed by atoms with Crippen LogP contribution in [0.5, 0.6) is 0 Å². The Morgan fingerprint density at radius 2 is 0.836 bits per heavy atom. The SMILES string of the molecule is CCCCCCCCC/C(=C\CC(=O)N1CCC(=CC(=O)CN(CCCCCCCCC)CCCCCCC(=O)OCC)CC1)CCCN(CCCCCCCCC)CCCCCCCCC. The molecule has 1 heterocycles. The lowest BCUT2D eigenvalue weighted by molar-refractivity contribution is -0.143. The monoisotopic (exact) mass is 940 g/mol. The number of allylic oxidation sites excluding steroid dienone is 1. The van der Waals surface area contributed by atoms with E-state index in [0.29, 0.717) is 26.0 Å². The molecule has 1 aliphatic rings. The zero-order chi connectivity index (χ0) is 48.7. The van der Waals surface area contributed by atoms with E-state index in [2.05, 4.69) is 48.5 Å². The summed E-state index contributed by atoms with van der Waals surface area (Å²) < 4.78 is 5.08. The average molecular weight is 941 g/mol. The fraction of sp³-hybridized carbons (Fsp3) is 0.883. The third-order valence-corrected chi connectivity index (χ3v) is 14.3. The van der Waals surface area contributed by atoms with Gasteiger partial charge in [-0.3, -0.25) is 19.3 Å². The minimum absolute atomic E-state index is 0.0949. The van der Waals surface area contributed by atoms with Crippen LogP contribution in [0.1, 0.15) is 285 Å². The van der Waals surface area contributed by atoms with Gasteiger partial charge in [0.2, 0.25) is 5.91 Å². The predicted octanol–water partition coefficient (Wildman–Crippen LogP) is 16.7. The number of esters is 1. The van der Waals surface area contributed by atoms with E-state index in [4.69, 9.17) is 4.74 Å². The smallest absolute Gasteiger partial charge is 0.305 e. The van der Waals surface area contributed by atoms with Gasteiger partial charge < -0.3 is 14.5 Å². The van der Waals surface area contributed by atoms with Crippen LogP contribution < -0.4 is 0 Å². The maximum atomic E-state index is 13.7. The van der Waals surface area contributed by atoms with Crippen LogP contribution in [0.15, 0.2) is 23.3 Å². The van der Waals surface area contributed by atoms with Crippen molar-refractivity contribution >= 4 is 17.7 Å². The average Bonchev–Trinajstić information content (AvgIpc) is 3.32. The van der Waals surface area contributed by atoms with Gasteiger partial charge in [-0.25, -0.2) is 0 Å². The summed E-state index contributed by atoms with van der Waals surface area (Å²) in [5.41, 5.74) is 2.71. The lowest BCUT2D eigenvalue weighted by Gasteiger charge is -2.28. The molecule has 1 saturated heterocycles. The molecular formula is C60H113N3O4. The Morgan fingerprint density at radius 3 is 1.28 bits per heavy atom. The number of rotatable bonds is 49. The second-order valence-electron chi connectivity index (χ2n) is 20.6. The molecule has 0 atom stereocenters. The molecule has 0 aromatic rings. The lowest BCUT2D eigenvalue weighted by atomic mass is 9.99. The first kappa shape index (κ1) is 63.0. The van der Waals surface area contributed by atoms with Gasteiger partial charge in [0.1, 0.15) is 0 Å². The fourth-order valence-electron chi connectivity index (χ4n) is 9.88. The Balaban J connectivity index is 2.78. The van der Waals surface area contributed by atoms with Gasteiger partial charge in [-0.1, -0.05) is 212 Å². The first-order valence-corrected chi connectivity index (χ1v) is 29.6. The molecule has 1 amide bonds. The van der Waals surface area contributed by atoms with Crippen LogP contribution in [-0.4, -0.2) is 91.3 Å². The van der Waals surface area contributed by atoms with E-state index < -0.39 is 0 Å². The molecule has 7 heteroatoms. The van der Waals surface area contributed by atoms with Gasteiger partial charge in [0, 0.05) is 25.9 Å². The molecule has 0 radical (unpaired) electrons. The summed E-state index contributed by atoms with van der Waals surface area (Å²) in [5, 5.41) is 0. The highest BCUT2D eigenvalue weighted by atomic mass is 16.5. The number of carbonyl (C=O) groups excluding carboxylic acids is 3. The summed E-state index contributed by atoms with van der Waals surface area (Å²) >= 11 is 0. The number of ether oxygens (including phenoxy) is 1. The molecule has 0 aromatic heterocycles. The van der Waals surface area contributed by atoms with E-state index in [-0.39, 0.29) is 17.7 Å². The summed E-state index contributed by atoms with van der Waals surface area (Å²) in [6.07, 6.45) is 51.6. The van der Waals surface area contributed by atoms with Gasteiger partial charge in [0.15, 0.2) is 5.78 Å². The summed E-state index contributed by atoms with van der Waals surface area (Å²) in [5.74, 6) is 0.369. The molecule has 0 N–H and O–H groups in total. The third kappa shape index (κ3) is 39.4. The van der Waals surface area contributed by atoms with E-state index in [1.165, 1.54) is 211 Å². The van der Waals surface area contributed by atoms with Crippen molar-refractivity contribution in [3.8, 4) is 0 Å². The number of amides is 1. The number of carbonyl (C=O) groups is 3. The van der Waals surface area contributed by atoms with E-state index in [9.17, 15) is 14.4 Å². The molecule has 67 heavy (non-hydrogen) atoms. The maximum absolute atomic E-state index is 13.7. The highest BCUT2D eigenvalue weighted by molar-refractivity contribution is 5.92. The van der Waals surface area contributed by atoms with E-state index >= 15 is 0 Å². The number of hydrogen-bond donors (Lipinski definition) is 0. The number of likely N-dealkylation sites (tertiary alicyclic amines) is 1. The molecule has 7 nitrogen and oxygen atoms in total. The van der Waals surface area contributed by atoms with Crippen LogP contribution in [0.3, 0.4) is 0 Å². The minimum atomic E-state index is -0.0949. The maximum Gasteiger partial charge on any atom is 0.305 e. The first-order chi connectivity index (χ1) is 32.9. The van der Waals surface area contributed by atoms with Crippen LogP contribution in [0.2, 0.25) is 0 Å². The molecular weight excluding hydrogens is 827 g/mol. The van der Waals surface area contributed by atoms with Gasteiger partial charge in [-0.05, 0) is 116 Å². The quantitative estimate of drug-likeness (QED) is 0.0262. The molecule has 1 fully saturated rings. The summed E-state index contributed by atoms with van der Waals surface area (Å²) in [6.45, 7) is 19.0. The zero-order valence-corrected chi connectivity index (χ0v) is 45.6. The normalized spacial score (nSPS) is 13.3. The molecule has 0 bridgehead atoms. The number of piperidine rings is 1. The van der Waals surface area contributed by atoms with Crippen molar-refractivity contribution in [1.29, 1.82) is 0 Å². The van der Waals surface area contributed by atoms with Crippen molar-refractivity contribution in [1.82, 2.24) is 14.7 Å². The van der Waals surface area contributed by atoms with Crippen LogP contribution in [0.25, 0.3) is 0 Å². The molecule has 0 unspecified atom stereocenters. The fourth-order valence-corrected chi connectivity index (χ4v) is 9.88. The van der Waals surface area contributed by atoms with Gasteiger partial charge in [-0.15, -0.1) is 0 Å². The van der Waals surface area contributed by atoms with E-state index in [0.717, 1.165) is 84.0 Å². The summed E-state index contributed by atoms with van der Waals surface area (Å²) in [4.78, 5) is 46.1. The van der Waals surface area contributed by atoms with Crippen molar-refractivity contribution < 1.29 is 19.1 Å². The summed E-state index contributed by atoms with van der Waals surface area (Å²) in [7, 11) is 0. The summed E-state index contributed by atoms with van der Waals surface area (Å²) in [6, 6.07) is 0. The Kier molecular flexibility index (Phi) is 44.8. The second-order valence-corrected chi connectivity index (χ2v) is 20.6.